The van der Waals surface area contributed by atoms with Gasteiger partial charge >= 0.3 is 0 Å². The molecule has 1 fully saturated rings. The van der Waals surface area contributed by atoms with E-state index in [1.165, 1.54) is 13.8 Å². The van der Waals surface area contributed by atoms with Crippen molar-refractivity contribution in [1.82, 2.24) is 10.6 Å². The highest BCUT2D eigenvalue weighted by Crippen LogP contribution is 2.26. The summed E-state index contributed by atoms with van der Waals surface area (Å²) >= 11 is 0. The Bertz CT molecular complexity index is 349. The zero-order chi connectivity index (χ0) is 14.1. The second-order valence-corrected chi connectivity index (χ2v) is 4.36. The first kappa shape index (κ1) is 14.8. The van der Waals surface area contributed by atoms with Crippen molar-refractivity contribution in [2.45, 2.75) is 51.0 Å². The molecule has 1 aliphatic heterocycles. The van der Waals surface area contributed by atoms with Crippen LogP contribution in [0.2, 0.25) is 0 Å². The minimum Gasteiger partial charge on any atom is -0.388 e. The minimum absolute atomic E-state index is 0.548. The number of hydrogen-bond donors (Lipinski definition) is 5. The van der Waals surface area contributed by atoms with Crippen LogP contribution >= 0.6 is 0 Å². The first-order chi connectivity index (χ1) is 8.17. The van der Waals surface area contributed by atoms with Gasteiger partial charge in [0.1, 0.15) is 18.2 Å². The van der Waals surface area contributed by atoms with Crippen molar-refractivity contribution < 1.29 is 29.6 Å². The van der Waals surface area contributed by atoms with Crippen molar-refractivity contribution >= 4 is 11.8 Å². The van der Waals surface area contributed by atoms with E-state index in [-0.39, 0.29) is 0 Å². The number of aliphatic hydroxyl groups is 3. The number of carbonyl (C=O) groups excluding carboxylic acids is 2. The zero-order valence-electron chi connectivity index (χ0n) is 10.4. The Balaban J connectivity index is 3.01. The first-order valence-electron chi connectivity index (χ1n) is 5.49. The van der Waals surface area contributed by atoms with Crippen LogP contribution in [0.25, 0.3) is 0 Å². The second-order valence-electron chi connectivity index (χ2n) is 4.36. The van der Waals surface area contributed by atoms with Crippen LogP contribution in [-0.2, 0) is 14.3 Å². The summed E-state index contributed by atoms with van der Waals surface area (Å²) in [6.45, 7) is 3.74. The lowest BCUT2D eigenvalue weighted by Gasteiger charge is -2.46. The Hall–Kier alpha value is -1.22. The Kier molecular flexibility index (Phi) is 4.28. The van der Waals surface area contributed by atoms with Crippen molar-refractivity contribution in [2.75, 3.05) is 0 Å². The van der Waals surface area contributed by atoms with Crippen LogP contribution in [0.4, 0.5) is 0 Å². The summed E-state index contributed by atoms with van der Waals surface area (Å²) in [7, 11) is 0. The van der Waals surface area contributed by atoms with Crippen LogP contribution in [0.3, 0.4) is 0 Å². The van der Waals surface area contributed by atoms with E-state index in [9.17, 15) is 24.9 Å². The van der Waals surface area contributed by atoms with Crippen molar-refractivity contribution in [3.05, 3.63) is 0 Å². The molecule has 0 unspecified atom stereocenters. The van der Waals surface area contributed by atoms with E-state index in [0.717, 1.165) is 6.92 Å². The molecular formula is C10H18N2O6. The maximum absolute atomic E-state index is 11.0. The number of hydrogen-bond acceptors (Lipinski definition) is 6. The molecule has 0 saturated carbocycles. The summed E-state index contributed by atoms with van der Waals surface area (Å²) in [5, 5.41) is 34.0. The Morgan fingerprint density at radius 2 is 1.72 bits per heavy atom. The van der Waals surface area contributed by atoms with Gasteiger partial charge in [-0.05, 0) is 6.92 Å². The summed E-state index contributed by atoms with van der Waals surface area (Å²) in [4.78, 5) is 22.1. The van der Waals surface area contributed by atoms with Gasteiger partial charge in [0.25, 0.3) is 5.91 Å². The fraction of sp³-hybridized carbons (Fsp3) is 0.800. The van der Waals surface area contributed by atoms with Crippen molar-refractivity contribution in [3.8, 4) is 0 Å². The van der Waals surface area contributed by atoms with E-state index in [1.807, 2.05) is 0 Å². The summed E-state index contributed by atoms with van der Waals surface area (Å²) in [5.74, 6) is -3.42. The lowest BCUT2D eigenvalue weighted by molar-refractivity contribution is -0.320. The van der Waals surface area contributed by atoms with Crippen LogP contribution in [-0.4, -0.2) is 57.4 Å². The number of nitrogens with one attached hydrogen (secondary N) is 2. The van der Waals surface area contributed by atoms with Gasteiger partial charge in [0, 0.05) is 13.8 Å². The Morgan fingerprint density at radius 3 is 2.17 bits per heavy atom. The van der Waals surface area contributed by atoms with E-state index < -0.39 is 42.1 Å². The number of carbonyl (C=O) groups is 2. The molecular weight excluding hydrogens is 244 g/mol. The third kappa shape index (κ3) is 2.96. The molecule has 8 nitrogen and oxygen atoms in total. The van der Waals surface area contributed by atoms with E-state index in [2.05, 4.69) is 10.6 Å². The normalized spacial score (nSPS) is 40.1. The van der Waals surface area contributed by atoms with E-state index in [0.29, 0.717) is 0 Å². The SMILES string of the molecule is CC(=O)N[C@@H]1[C@H](O)[C@H](O)[C@@H](C)O[C@@]1(O)NC(C)=O. The van der Waals surface area contributed by atoms with Gasteiger partial charge in [-0.2, -0.15) is 0 Å². The molecule has 0 bridgehead atoms. The first-order valence-corrected chi connectivity index (χ1v) is 5.49. The highest BCUT2D eigenvalue weighted by atomic mass is 16.7. The van der Waals surface area contributed by atoms with Crippen molar-refractivity contribution in [1.29, 1.82) is 0 Å². The van der Waals surface area contributed by atoms with Gasteiger partial charge in [-0.25, -0.2) is 0 Å². The van der Waals surface area contributed by atoms with Crippen LogP contribution in [0.5, 0.6) is 0 Å². The summed E-state index contributed by atoms with van der Waals surface area (Å²) in [6.07, 6.45) is -3.69. The number of rotatable bonds is 2. The number of ether oxygens (including phenoxy) is 1. The highest BCUT2D eigenvalue weighted by Gasteiger charge is 2.53. The summed E-state index contributed by atoms with van der Waals surface area (Å²) in [5.41, 5.74) is 0. The van der Waals surface area contributed by atoms with E-state index in [4.69, 9.17) is 4.74 Å². The molecule has 0 aromatic heterocycles. The monoisotopic (exact) mass is 262 g/mol. The zero-order valence-corrected chi connectivity index (χ0v) is 10.4. The molecule has 5 atom stereocenters. The summed E-state index contributed by atoms with van der Waals surface area (Å²) in [6, 6.07) is -1.37. The minimum atomic E-state index is -2.27. The lowest BCUT2D eigenvalue weighted by atomic mass is 9.94. The average Bonchev–Trinajstić information content (AvgIpc) is 2.20. The molecule has 1 heterocycles. The Morgan fingerprint density at radius 1 is 1.17 bits per heavy atom. The molecule has 0 aromatic carbocycles. The average molecular weight is 262 g/mol. The topological polar surface area (TPSA) is 128 Å². The third-order valence-corrected chi connectivity index (χ3v) is 2.67. The standard InChI is InChI=1S/C10H18N2O6/c1-4-7(15)8(16)9(11-5(2)13)10(17,18-4)12-6(3)14/h4,7-9,15-17H,1-3H3,(H,11,13)(H,12,14)/t4-,7-,8-,9-,10-/m1/s1. The largest absolute Gasteiger partial charge is 0.388 e. The van der Waals surface area contributed by atoms with Gasteiger partial charge in [0.05, 0.1) is 6.10 Å². The Labute approximate surface area is 104 Å². The molecule has 0 spiro atoms. The number of aliphatic hydroxyl groups excluding tert-OH is 2. The van der Waals surface area contributed by atoms with Crippen LogP contribution in [0.1, 0.15) is 20.8 Å². The second kappa shape index (κ2) is 5.19. The van der Waals surface area contributed by atoms with Crippen molar-refractivity contribution in [2.24, 2.45) is 0 Å². The van der Waals surface area contributed by atoms with Crippen LogP contribution in [0, 0.1) is 0 Å². The molecule has 1 saturated heterocycles. The van der Waals surface area contributed by atoms with Gasteiger partial charge < -0.3 is 30.7 Å². The van der Waals surface area contributed by atoms with Gasteiger partial charge in [0.2, 0.25) is 11.8 Å². The molecule has 0 radical (unpaired) electrons. The molecule has 5 N–H and O–H groups in total. The molecule has 0 aromatic rings. The van der Waals surface area contributed by atoms with Crippen LogP contribution < -0.4 is 10.6 Å². The van der Waals surface area contributed by atoms with Crippen LogP contribution in [0.15, 0.2) is 0 Å². The fourth-order valence-corrected chi connectivity index (χ4v) is 1.89. The quantitative estimate of drug-likeness (QED) is 0.348. The van der Waals surface area contributed by atoms with E-state index >= 15 is 0 Å². The van der Waals surface area contributed by atoms with Gasteiger partial charge in [-0.15, -0.1) is 0 Å². The van der Waals surface area contributed by atoms with Gasteiger partial charge in [0.15, 0.2) is 0 Å². The number of amides is 2. The predicted molar refractivity (Wildman–Crippen MR) is 58.9 cm³/mol. The maximum atomic E-state index is 11.0. The van der Waals surface area contributed by atoms with E-state index in [1.54, 1.807) is 0 Å². The molecule has 2 amide bonds. The smallest absolute Gasteiger partial charge is 0.273 e. The predicted octanol–water partition coefficient (Wildman–Crippen LogP) is -2.59. The molecule has 1 aliphatic rings. The molecule has 18 heavy (non-hydrogen) atoms. The molecule has 104 valence electrons. The summed E-state index contributed by atoms with van der Waals surface area (Å²) < 4.78 is 5.08. The highest BCUT2D eigenvalue weighted by molar-refractivity contribution is 5.75. The van der Waals surface area contributed by atoms with Gasteiger partial charge in [-0.1, -0.05) is 0 Å². The molecule has 8 heteroatoms. The van der Waals surface area contributed by atoms with Crippen molar-refractivity contribution in [3.63, 3.8) is 0 Å². The molecule has 0 aliphatic carbocycles. The molecule has 1 rings (SSSR count). The maximum Gasteiger partial charge on any atom is 0.273 e. The van der Waals surface area contributed by atoms with Gasteiger partial charge in [-0.3, -0.25) is 9.59 Å². The fourth-order valence-electron chi connectivity index (χ4n) is 1.89. The third-order valence-electron chi connectivity index (χ3n) is 2.67. The lowest BCUT2D eigenvalue weighted by Crippen LogP contribution is -2.74.